The zero-order chi connectivity index (χ0) is 17.2. The molecule has 0 aliphatic carbocycles. The first kappa shape index (κ1) is 15.9. The lowest BCUT2D eigenvalue weighted by atomic mass is 10.2. The lowest BCUT2D eigenvalue weighted by Gasteiger charge is -2.25. The fourth-order valence-corrected chi connectivity index (χ4v) is 2.34. The van der Waals surface area contributed by atoms with Crippen LogP contribution < -0.4 is 15.9 Å². The van der Waals surface area contributed by atoms with Gasteiger partial charge in [-0.05, 0) is 31.2 Å². The zero-order valence-electron chi connectivity index (χ0n) is 12.9. The van der Waals surface area contributed by atoms with Crippen molar-refractivity contribution in [2.24, 2.45) is 0 Å². The Morgan fingerprint density at radius 3 is 2.46 bits per heavy atom. The Morgan fingerprint density at radius 2 is 1.83 bits per heavy atom. The summed E-state index contributed by atoms with van der Waals surface area (Å²) in [5.74, 6) is -0.165. The van der Waals surface area contributed by atoms with E-state index in [0.29, 0.717) is 11.4 Å². The molecule has 1 aliphatic heterocycles. The normalized spacial score (nSPS) is 20.2. The molecular formula is C16H16N4O4. The first-order chi connectivity index (χ1) is 11.5. The summed E-state index contributed by atoms with van der Waals surface area (Å²) in [6.07, 6.45) is 0.141. The molecular weight excluding hydrogens is 312 g/mol. The van der Waals surface area contributed by atoms with Crippen molar-refractivity contribution in [3.63, 3.8) is 0 Å². The molecule has 0 unspecified atom stereocenters. The zero-order valence-corrected chi connectivity index (χ0v) is 12.9. The molecule has 24 heavy (non-hydrogen) atoms. The number of non-ortho nitro benzene ring substituents is 1. The second-order valence-corrected chi connectivity index (χ2v) is 5.58. The van der Waals surface area contributed by atoms with Crippen LogP contribution in [0, 0.1) is 10.1 Å². The highest BCUT2D eigenvalue weighted by atomic mass is 16.7. The number of anilines is 2. The summed E-state index contributed by atoms with van der Waals surface area (Å²) in [6.45, 7) is 1.74. The summed E-state index contributed by atoms with van der Waals surface area (Å²) >= 11 is 0. The van der Waals surface area contributed by atoms with Crippen molar-refractivity contribution in [2.75, 3.05) is 10.5 Å². The van der Waals surface area contributed by atoms with Gasteiger partial charge in [-0.2, -0.15) is 5.06 Å². The first-order valence-electron chi connectivity index (χ1n) is 7.32. The van der Waals surface area contributed by atoms with Gasteiger partial charge >= 0.3 is 0 Å². The van der Waals surface area contributed by atoms with Crippen LogP contribution in [0.15, 0.2) is 54.6 Å². The van der Waals surface area contributed by atoms with Gasteiger partial charge in [0, 0.05) is 17.8 Å². The van der Waals surface area contributed by atoms with E-state index in [1.54, 1.807) is 31.2 Å². The highest BCUT2D eigenvalue weighted by Gasteiger charge is 2.42. The topological polar surface area (TPSA) is 96.7 Å². The quantitative estimate of drug-likeness (QED) is 0.647. The molecule has 2 N–H and O–H groups in total. The van der Waals surface area contributed by atoms with Crippen molar-refractivity contribution in [3.05, 3.63) is 64.7 Å². The van der Waals surface area contributed by atoms with Crippen LogP contribution in [-0.2, 0) is 9.63 Å². The van der Waals surface area contributed by atoms with Crippen molar-refractivity contribution in [2.45, 2.75) is 19.1 Å². The summed E-state index contributed by atoms with van der Waals surface area (Å²) < 4.78 is 0. The molecule has 1 heterocycles. The molecule has 3 rings (SSSR count). The summed E-state index contributed by atoms with van der Waals surface area (Å²) in [4.78, 5) is 28.1. The summed E-state index contributed by atoms with van der Waals surface area (Å²) in [5.41, 5.74) is 6.21. The average molecular weight is 328 g/mol. The number of hydroxylamine groups is 1. The Morgan fingerprint density at radius 1 is 1.17 bits per heavy atom. The molecule has 124 valence electrons. The van der Waals surface area contributed by atoms with E-state index in [1.165, 1.54) is 17.2 Å². The third-order valence-corrected chi connectivity index (χ3v) is 3.55. The van der Waals surface area contributed by atoms with E-state index in [4.69, 9.17) is 4.84 Å². The Hall–Kier alpha value is -2.97. The molecule has 0 aromatic heterocycles. The van der Waals surface area contributed by atoms with Gasteiger partial charge in [-0.1, -0.05) is 18.2 Å². The highest BCUT2D eigenvalue weighted by Crippen LogP contribution is 2.29. The number of amides is 1. The molecule has 1 atom stereocenters. The summed E-state index contributed by atoms with van der Waals surface area (Å²) in [7, 11) is 0. The van der Waals surface area contributed by atoms with Crippen LogP contribution >= 0.6 is 0 Å². The number of para-hydroxylation sites is 1. The summed E-state index contributed by atoms with van der Waals surface area (Å²) in [5, 5.41) is 11.9. The highest BCUT2D eigenvalue weighted by molar-refractivity contribution is 5.93. The van der Waals surface area contributed by atoms with E-state index in [2.05, 4.69) is 10.9 Å². The largest absolute Gasteiger partial charge is 0.319 e. The number of hydrogen-bond donors (Lipinski definition) is 2. The molecule has 0 radical (unpaired) electrons. The number of nitrogens with zero attached hydrogens (tertiary/aromatic N) is 2. The Bertz CT molecular complexity index is 750. The SMILES string of the molecule is C[C@@]1(NNc2ccc([N+](=O)[O-])cc2)CC(=O)N(c2ccccc2)O1. The van der Waals surface area contributed by atoms with Gasteiger partial charge in [0.1, 0.15) is 0 Å². The number of carbonyl (C=O) groups excluding carboxylic acids is 1. The van der Waals surface area contributed by atoms with Crippen LogP contribution in [0.5, 0.6) is 0 Å². The number of nitrogens with one attached hydrogen (secondary N) is 2. The number of rotatable bonds is 5. The van der Waals surface area contributed by atoms with Crippen LogP contribution in [0.3, 0.4) is 0 Å². The van der Waals surface area contributed by atoms with Crippen molar-refractivity contribution in [1.29, 1.82) is 0 Å². The Kier molecular flexibility index (Phi) is 4.15. The van der Waals surface area contributed by atoms with Gasteiger partial charge in [0.05, 0.1) is 17.0 Å². The fourth-order valence-electron chi connectivity index (χ4n) is 2.34. The molecule has 1 fully saturated rings. The fraction of sp³-hybridized carbons (Fsp3) is 0.188. The first-order valence-corrected chi connectivity index (χ1v) is 7.32. The smallest absolute Gasteiger partial charge is 0.269 e. The monoisotopic (exact) mass is 328 g/mol. The van der Waals surface area contributed by atoms with Gasteiger partial charge in [-0.15, -0.1) is 0 Å². The minimum atomic E-state index is -0.936. The maximum absolute atomic E-state index is 12.2. The molecule has 1 saturated heterocycles. The molecule has 0 bridgehead atoms. The second kappa shape index (κ2) is 6.26. The number of hydrazine groups is 1. The van der Waals surface area contributed by atoms with E-state index in [1.807, 2.05) is 18.2 Å². The predicted molar refractivity (Wildman–Crippen MR) is 87.9 cm³/mol. The van der Waals surface area contributed by atoms with Crippen LogP contribution in [-0.4, -0.2) is 16.6 Å². The minimum Gasteiger partial charge on any atom is -0.319 e. The molecule has 0 saturated carbocycles. The summed E-state index contributed by atoms with van der Waals surface area (Å²) in [6, 6.07) is 15.0. The van der Waals surface area contributed by atoms with E-state index in [-0.39, 0.29) is 18.0 Å². The van der Waals surface area contributed by atoms with Crippen LogP contribution in [0.2, 0.25) is 0 Å². The number of benzene rings is 2. The molecule has 0 spiro atoms. The Labute approximate surface area is 138 Å². The molecule has 8 nitrogen and oxygen atoms in total. The average Bonchev–Trinajstić information content (AvgIpc) is 2.89. The van der Waals surface area contributed by atoms with Gasteiger partial charge in [0.15, 0.2) is 5.72 Å². The maximum Gasteiger partial charge on any atom is 0.269 e. The van der Waals surface area contributed by atoms with E-state index < -0.39 is 10.6 Å². The van der Waals surface area contributed by atoms with Crippen molar-refractivity contribution >= 4 is 23.0 Å². The lowest BCUT2D eigenvalue weighted by Crippen LogP contribution is -2.46. The van der Waals surface area contributed by atoms with Crippen LogP contribution in [0.25, 0.3) is 0 Å². The second-order valence-electron chi connectivity index (χ2n) is 5.58. The number of nitro benzene ring substituents is 1. The molecule has 2 aromatic rings. The standard InChI is InChI=1S/C16H16N4O4/c1-16(18-17-12-7-9-14(10-8-12)20(22)23)11-15(21)19(24-16)13-5-3-2-4-6-13/h2-10,17-18H,11H2,1H3/t16-/m0/s1. The van der Waals surface area contributed by atoms with E-state index >= 15 is 0 Å². The number of hydrogen-bond acceptors (Lipinski definition) is 6. The Balaban J connectivity index is 1.65. The van der Waals surface area contributed by atoms with E-state index in [9.17, 15) is 14.9 Å². The van der Waals surface area contributed by atoms with Crippen molar-refractivity contribution < 1.29 is 14.6 Å². The molecule has 1 amide bonds. The number of nitro groups is 1. The van der Waals surface area contributed by atoms with Crippen molar-refractivity contribution in [1.82, 2.24) is 5.43 Å². The molecule has 1 aliphatic rings. The molecule has 8 heteroatoms. The molecule has 2 aromatic carbocycles. The maximum atomic E-state index is 12.2. The van der Waals surface area contributed by atoms with Gasteiger partial charge in [0.2, 0.25) is 0 Å². The predicted octanol–water partition coefficient (Wildman–Crippen LogP) is 2.60. The lowest BCUT2D eigenvalue weighted by molar-refractivity contribution is -0.384. The van der Waals surface area contributed by atoms with Crippen LogP contribution in [0.4, 0.5) is 17.1 Å². The number of carbonyl (C=O) groups is 1. The third kappa shape index (κ3) is 3.34. The van der Waals surface area contributed by atoms with Gasteiger partial charge in [0.25, 0.3) is 11.6 Å². The minimum absolute atomic E-state index is 0.00862. The van der Waals surface area contributed by atoms with Gasteiger partial charge in [-0.3, -0.25) is 14.9 Å². The third-order valence-electron chi connectivity index (χ3n) is 3.55. The van der Waals surface area contributed by atoms with Crippen LogP contribution in [0.1, 0.15) is 13.3 Å². The van der Waals surface area contributed by atoms with Gasteiger partial charge in [-0.25, -0.2) is 10.3 Å². The van der Waals surface area contributed by atoms with Gasteiger partial charge < -0.3 is 5.43 Å². The van der Waals surface area contributed by atoms with E-state index in [0.717, 1.165) is 0 Å². The van der Waals surface area contributed by atoms with Crippen molar-refractivity contribution in [3.8, 4) is 0 Å².